The van der Waals surface area contributed by atoms with E-state index in [4.69, 9.17) is 17.3 Å². The van der Waals surface area contributed by atoms with E-state index in [1.54, 1.807) is 0 Å². The highest BCUT2D eigenvalue weighted by molar-refractivity contribution is 6.32. The summed E-state index contributed by atoms with van der Waals surface area (Å²) in [6, 6.07) is 4.31. The van der Waals surface area contributed by atoms with Gasteiger partial charge >= 0.3 is 0 Å². The predicted molar refractivity (Wildman–Crippen MR) is 65.3 cm³/mol. The maximum Gasteiger partial charge on any atom is 0.0464 e. The Morgan fingerprint density at radius 1 is 1.13 bits per heavy atom. The van der Waals surface area contributed by atoms with E-state index in [1.165, 1.54) is 18.4 Å². The van der Waals surface area contributed by atoms with Crippen LogP contribution in [-0.4, -0.2) is 0 Å². The van der Waals surface area contributed by atoms with Crippen molar-refractivity contribution in [3.05, 3.63) is 33.8 Å². The highest BCUT2D eigenvalue weighted by Gasteiger charge is 2.31. The fourth-order valence-corrected chi connectivity index (χ4v) is 2.64. The molecule has 82 valence electrons. The average Bonchev–Trinajstić information content (AvgIpc) is 2.62. The van der Waals surface area contributed by atoms with Crippen molar-refractivity contribution in [1.82, 2.24) is 0 Å². The Kier molecular flexibility index (Phi) is 2.78. The molecule has 1 saturated carbocycles. The fraction of sp³-hybridized carbons (Fsp3) is 0.538. The van der Waals surface area contributed by atoms with Crippen molar-refractivity contribution in [2.75, 3.05) is 0 Å². The zero-order valence-electron chi connectivity index (χ0n) is 9.44. The lowest BCUT2D eigenvalue weighted by Crippen LogP contribution is -2.33. The number of hydrogen-bond donors (Lipinski definition) is 1. The van der Waals surface area contributed by atoms with Gasteiger partial charge in [-0.3, -0.25) is 0 Å². The molecule has 0 bridgehead atoms. The molecule has 0 radical (unpaired) electrons. The van der Waals surface area contributed by atoms with Crippen LogP contribution in [0.2, 0.25) is 5.02 Å². The van der Waals surface area contributed by atoms with Gasteiger partial charge in [-0.25, -0.2) is 0 Å². The van der Waals surface area contributed by atoms with Crippen molar-refractivity contribution in [3.8, 4) is 0 Å². The maximum absolute atomic E-state index is 6.43. The minimum Gasteiger partial charge on any atom is -0.321 e. The van der Waals surface area contributed by atoms with Gasteiger partial charge in [-0.2, -0.15) is 0 Å². The zero-order chi connectivity index (χ0) is 11.1. The molecule has 0 amide bonds. The second-order valence-electron chi connectivity index (χ2n) is 4.79. The van der Waals surface area contributed by atoms with Gasteiger partial charge in [-0.1, -0.05) is 36.6 Å². The molecule has 2 rings (SSSR count). The molecule has 0 saturated heterocycles. The number of hydrogen-bond acceptors (Lipinski definition) is 1. The first-order valence-corrected chi connectivity index (χ1v) is 5.97. The van der Waals surface area contributed by atoms with Crippen molar-refractivity contribution in [2.45, 2.75) is 45.1 Å². The molecule has 1 nitrogen and oxygen atoms in total. The first kappa shape index (κ1) is 11.0. The first-order valence-electron chi connectivity index (χ1n) is 5.59. The Labute approximate surface area is 96.6 Å². The van der Waals surface area contributed by atoms with Crippen molar-refractivity contribution >= 4 is 11.6 Å². The van der Waals surface area contributed by atoms with Gasteiger partial charge in [0, 0.05) is 10.6 Å². The van der Waals surface area contributed by atoms with Crippen LogP contribution in [0.5, 0.6) is 0 Å². The predicted octanol–water partition coefficient (Wildman–Crippen LogP) is 3.68. The summed E-state index contributed by atoms with van der Waals surface area (Å²) >= 11 is 6.16. The molecule has 0 heterocycles. The van der Waals surface area contributed by atoms with Crippen molar-refractivity contribution in [1.29, 1.82) is 0 Å². The molecule has 1 aromatic carbocycles. The SMILES string of the molecule is Cc1cc(C2(N)CCCC2)cc(C)c1Cl. The van der Waals surface area contributed by atoms with Crippen LogP contribution in [0.3, 0.4) is 0 Å². The van der Waals surface area contributed by atoms with Crippen molar-refractivity contribution in [3.63, 3.8) is 0 Å². The zero-order valence-corrected chi connectivity index (χ0v) is 10.2. The van der Waals surface area contributed by atoms with Gasteiger partial charge in [0.2, 0.25) is 0 Å². The monoisotopic (exact) mass is 223 g/mol. The molecule has 1 aliphatic carbocycles. The molecule has 15 heavy (non-hydrogen) atoms. The van der Waals surface area contributed by atoms with E-state index >= 15 is 0 Å². The normalized spacial score (nSPS) is 19.5. The molecule has 0 spiro atoms. The quantitative estimate of drug-likeness (QED) is 0.772. The van der Waals surface area contributed by atoms with Crippen LogP contribution in [0, 0.1) is 13.8 Å². The molecule has 2 N–H and O–H groups in total. The lowest BCUT2D eigenvalue weighted by molar-refractivity contribution is 0.461. The van der Waals surface area contributed by atoms with Crippen LogP contribution in [0.4, 0.5) is 0 Å². The summed E-state index contributed by atoms with van der Waals surface area (Å²) in [6.45, 7) is 4.11. The summed E-state index contributed by atoms with van der Waals surface area (Å²) in [6.07, 6.45) is 4.70. The van der Waals surface area contributed by atoms with Gasteiger partial charge < -0.3 is 5.73 Å². The smallest absolute Gasteiger partial charge is 0.0464 e. The number of nitrogens with two attached hydrogens (primary N) is 1. The molecule has 1 fully saturated rings. The molecule has 2 heteroatoms. The Bertz CT molecular complexity index is 355. The first-order chi connectivity index (χ1) is 7.03. The lowest BCUT2D eigenvalue weighted by atomic mass is 9.87. The highest BCUT2D eigenvalue weighted by Crippen LogP contribution is 2.38. The number of rotatable bonds is 1. The van der Waals surface area contributed by atoms with Crippen LogP contribution in [0.15, 0.2) is 12.1 Å². The third-order valence-corrected chi connectivity index (χ3v) is 4.10. The molecular formula is C13H18ClN. The number of benzene rings is 1. The molecule has 0 atom stereocenters. The van der Waals surface area contributed by atoms with Gasteiger partial charge in [0.25, 0.3) is 0 Å². The molecule has 1 aliphatic rings. The van der Waals surface area contributed by atoms with Gasteiger partial charge in [-0.15, -0.1) is 0 Å². The standard InChI is InChI=1S/C13H18ClN/c1-9-7-11(8-10(2)12(9)14)13(15)5-3-4-6-13/h7-8H,3-6,15H2,1-2H3. The van der Waals surface area contributed by atoms with Crippen molar-refractivity contribution < 1.29 is 0 Å². The summed E-state index contributed by atoms with van der Waals surface area (Å²) < 4.78 is 0. The molecule has 1 aromatic rings. The second-order valence-corrected chi connectivity index (χ2v) is 5.17. The minimum atomic E-state index is -0.0971. The lowest BCUT2D eigenvalue weighted by Gasteiger charge is -2.25. The Morgan fingerprint density at radius 2 is 1.60 bits per heavy atom. The fourth-order valence-electron chi connectivity index (χ4n) is 2.53. The molecule has 0 aliphatic heterocycles. The number of aryl methyl sites for hydroxylation is 2. The van der Waals surface area contributed by atoms with Crippen LogP contribution >= 0.6 is 11.6 Å². The topological polar surface area (TPSA) is 26.0 Å². The van der Waals surface area contributed by atoms with Gasteiger partial charge in [0.1, 0.15) is 0 Å². The molecular weight excluding hydrogens is 206 g/mol. The van der Waals surface area contributed by atoms with Crippen molar-refractivity contribution in [2.24, 2.45) is 5.73 Å². The summed E-state index contributed by atoms with van der Waals surface area (Å²) in [5.74, 6) is 0. The largest absolute Gasteiger partial charge is 0.321 e. The van der Waals surface area contributed by atoms with E-state index in [2.05, 4.69) is 26.0 Å². The summed E-state index contributed by atoms with van der Waals surface area (Å²) in [5, 5.41) is 0.875. The van der Waals surface area contributed by atoms with Crippen LogP contribution in [-0.2, 0) is 5.54 Å². The summed E-state index contributed by atoms with van der Waals surface area (Å²) in [7, 11) is 0. The van der Waals surface area contributed by atoms with E-state index in [0.29, 0.717) is 0 Å². The van der Waals surface area contributed by atoms with E-state index in [1.807, 2.05) is 0 Å². The van der Waals surface area contributed by atoms with Gasteiger partial charge in [0.15, 0.2) is 0 Å². The third kappa shape index (κ3) is 1.91. The average molecular weight is 224 g/mol. The Hall–Kier alpha value is -0.530. The summed E-state index contributed by atoms with van der Waals surface area (Å²) in [5.41, 5.74) is 9.88. The summed E-state index contributed by atoms with van der Waals surface area (Å²) in [4.78, 5) is 0. The second kappa shape index (κ2) is 3.80. The molecule has 0 aromatic heterocycles. The van der Waals surface area contributed by atoms with Crippen LogP contribution < -0.4 is 5.73 Å². The maximum atomic E-state index is 6.43. The Morgan fingerprint density at radius 3 is 2.07 bits per heavy atom. The van der Waals surface area contributed by atoms with E-state index < -0.39 is 0 Å². The minimum absolute atomic E-state index is 0.0971. The molecule has 0 unspecified atom stereocenters. The van der Waals surface area contributed by atoms with Crippen LogP contribution in [0.1, 0.15) is 42.4 Å². The third-order valence-electron chi connectivity index (χ3n) is 3.51. The van der Waals surface area contributed by atoms with E-state index in [0.717, 1.165) is 29.0 Å². The van der Waals surface area contributed by atoms with Gasteiger partial charge in [0.05, 0.1) is 0 Å². The van der Waals surface area contributed by atoms with Gasteiger partial charge in [-0.05, 0) is 43.4 Å². The Balaban J connectivity index is 2.45. The van der Waals surface area contributed by atoms with E-state index in [-0.39, 0.29) is 5.54 Å². The highest BCUT2D eigenvalue weighted by atomic mass is 35.5. The van der Waals surface area contributed by atoms with Crippen LogP contribution in [0.25, 0.3) is 0 Å². The number of halogens is 1. The van der Waals surface area contributed by atoms with E-state index in [9.17, 15) is 0 Å².